The lowest BCUT2D eigenvalue weighted by Gasteiger charge is -2.57. The summed E-state index contributed by atoms with van der Waals surface area (Å²) in [6.45, 7) is -0.131. The lowest BCUT2D eigenvalue weighted by Crippen LogP contribution is -2.48. The third-order valence-electron chi connectivity index (χ3n) is 7.57. The SMILES string of the molecule is COC(=O)c1ccc(OCC(=O)c2ccc(C34CC5CC(CC(C5)C3)C4)c(O)c2)cc1. The molecule has 4 aliphatic carbocycles. The van der Waals surface area contributed by atoms with E-state index in [-0.39, 0.29) is 23.6 Å². The Kier molecular flexibility index (Phi) is 4.99. The third kappa shape index (κ3) is 3.71. The maximum atomic E-state index is 12.6. The highest BCUT2D eigenvalue weighted by Gasteiger charge is 2.52. The average molecular weight is 421 g/mol. The van der Waals surface area contributed by atoms with Gasteiger partial charge in [-0.1, -0.05) is 12.1 Å². The number of aromatic hydroxyl groups is 1. The Labute approximate surface area is 182 Å². The van der Waals surface area contributed by atoms with Gasteiger partial charge in [0, 0.05) is 11.1 Å². The molecular formula is C26H28O5. The fourth-order valence-corrected chi connectivity index (χ4v) is 6.63. The van der Waals surface area contributed by atoms with Crippen molar-refractivity contribution in [3.63, 3.8) is 0 Å². The molecule has 0 atom stereocenters. The molecule has 162 valence electrons. The Balaban J connectivity index is 1.27. The van der Waals surface area contributed by atoms with Gasteiger partial charge in [0.15, 0.2) is 12.4 Å². The number of methoxy groups -OCH3 is 1. The Bertz CT molecular complexity index is 972. The van der Waals surface area contributed by atoms with E-state index in [2.05, 4.69) is 4.74 Å². The van der Waals surface area contributed by atoms with Crippen molar-refractivity contribution in [2.24, 2.45) is 17.8 Å². The molecule has 0 heterocycles. The van der Waals surface area contributed by atoms with Crippen molar-refractivity contribution in [2.45, 2.75) is 43.9 Å². The predicted molar refractivity (Wildman–Crippen MR) is 116 cm³/mol. The molecule has 0 amide bonds. The van der Waals surface area contributed by atoms with E-state index in [1.165, 1.54) is 45.6 Å². The Hall–Kier alpha value is -2.82. The molecule has 0 aromatic heterocycles. The highest BCUT2D eigenvalue weighted by Crippen LogP contribution is 2.61. The van der Waals surface area contributed by atoms with Crippen LogP contribution in [0.1, 0.15) is 64.8 Å². The Morgan fingerprint density at radius 2 is 1.52 bits per heavy atom. The first-order valence-electron chi connectivity index (χ1n) is 11.1. The van der Waals surface area contributed by atoms with Crippen LogP contribution in [0, 0.1) is 17.8 Å². The van der Waals surface area contributed by atoms with E-state index >= 15 is 0 Å². The zero-order valence-corrected chi connectivity index (χ0v) is 17.8. The molecule has 4 saturated carbocycles. The number of hydrogen-bond donors (Lipinski definition) is 1. The van der Waals surface area contributed by atoms with Crippen LogP contribution in [0.5, 0.6) is 11.5 Å². The van der Waals surface area contributed by atoms with Crippen molar-refractivity contribution in [3.8, 4) is 11.5 Å². The van der Waals surface area contributed by atoms with E-state index in [0.717, 1.165) is 23.3 Å². The Morgan fingerprint density at radius 3 is 2.06 bits per heavy atom. The van der Waals surface area contributed by atoms with E-state index in [1.54, 1.807) is 30.3 Å². The summed E-state index contributed by atoms with van der Waals surface area (Å²) < 4.78 is 10.2. The molecule has 4 bridgehead atoms. The summed E-state index contributed by atoms with van der Waals surface area (Å²) in [4.78, 5) is 24.1. The van der Waals surface area contributed by atoms with E-state index < -0.39 is 5.97 Å². The van der Waals surface area contributed by atoms with E-state index in [0.29, 0.717) is 16.9 Å². The average Bonchev–Trinajstić information content (AvgIpc) is 2.76. The zero-order valence-electron chi connectivity index (χ0n) is 17.8. The maximum Gasteiger partial charge on any atom is 0.337 e. The molecule has 0 saturated heterocycles. The molecule has 2 aromatic rings. The molecule has 6 rings (SSSR count). The number of ketones is 1. The molecule has 0 radical (unpaired) electrons. The molecule has 4 aliphatic rings. The smallest absolute Gasteiger partial charge is 0.337 e. The molecule has 1 N–H and O–H groups in total. The second-order valence-corrected chi connectivity index (χ2v) is 9.66. The normalized spacial score (nSPS) is 28.4. The number of phenols is 1. The number of carbonyl (C=O) groups excluding carboxylic acids is 2. The van der Waals surface area contributed by atoms with Gasteiger partial charge in [0.2, 0.25) is 0 Å². The van der Waals surface area contributed by atoms with Crippen LogP contribution < -0.4 is 4.74 Å². The predicted octanol–water partition coefficient (Wildman–Crippen LogP) is 4.91. The summed E-state index contributed by atoms with van der Waals surface area (Å²) in [5.41, 5.74) is 2.00. The fraction of sp³-hybridized carbons (Fsp3) is 0.462. The monoisotopic (exact) mass is 420 g/mol. The summed E-state index contributed by atoms with van der Waals surface area (Å²) in [6.07, 6.45) is 7.58. The molecular weight excluding hydrogens is 392 g/mol. The summed E-state index contributed by atoms with van der Waals surface area (Å²) in [5, 5.41) is 10.9. The lowest BCUT2D eigenvalue weighted by molar-refractivity contribution is -0.00614. The number of hydrogen-bond acceptors (Lipinski definition) is 5. The quantitative estimate of drug-likeness (QED) is 0.531. The number of benzene rings is 2. The minimum atomic E-state index is -0.419. The second kappa shape index (κ2) is 7.70. The summed E-state index contributed by atoms with van der Waals surface area (Å²) in [5.74, 6) is 2.52. The van der Waals surface area contributed by atoms with Crippen LogP contribution in [0.25, 0.3) is 0 Å². The van der Waals surface area contributed by atoms with Gasteiger partial charge in [-0.25, -0.2) is 4.79 Å². The van der Waals surface area contributed by atoms with Crippen LogP contribution in [0.3, 0.4) is 0 Å². The maximum absolute atomic E-state index is 12.6. The van der Waals surface area contributed by atoms with E-state index in [4.69, 9.17) is 4.74 Å². The first-order chi connectivity index (χ1) is 15.0. The molecule has 0 aliphatic heterocycles. The van der Waals surface area contributed by atoms with Gasteiger partial charge < -0.3 is 14.6 Å². The fourth-order valence-electron chi connectivity index (χ4n) is 6.63. The van der Waals surface area contributed by atoms with Crippen LogP contribution in [-0.4, -0.2) is 30.6 Å². The van der Waals surface area contributed by atoms with Crippen molar-refractivity contribution in [1.82, 2.24) is 0 Å². The number of carbonyl (C=O) groups is 2. The molecule has 5 heteroatoms. The highest BCUT2D eigenvalue weighted by molar-refractivity contribution is 5.97. The molecule has 2 aromatic carbocycles. The minimum absolute atomic E-state index is 0.0955. The van der Waals surface area contributed by atoms with Crippen LogP contribution in [0.15, 0.2) is 42.5 Å². The highest BCUT2D eigenvalue weighted by atomic mass is 16.5. The second-order valence-electron chi connectivity index (χ2n) is 9.66. The number of esters is 1. The molecule has 5 nitrogen and oxygen atoms in total. The van der Waals surface area contributed by atoms with Crippen LogP contribution in [0.2, 0.25) is 0 Å². The van der Waals surface area contributed by atoms with Crippen molar-refractivity contribution < 1.29 is 24.2 Å². The third-order valence-corrected chi connectivity index (χ3v) is 7.57. The van der Waals surface area contributed by atoms with Gasteiger partial charge in [0.05, 0.1) is 12.7 Å². The van der Waals surface area contributed by atoms with Gasteiger partial charge in [-0.2, -0.15) is 0 Å². The summed E-state index contributed by atoms with van der Waals surface area (Å²) in [7, 11) is 1.33. The zero-order chi connectivity index (χ0) is 21.6. The van der Waals surface area contributed by atoms with Crippen molar-refractivity contribution in [3.05, 3.63) is 59.2 Å². The van der Waals surface area contributed by atoms with E-state index in [9.17, 15) is 14.7 Å². The topological polar surface area (TPSA) is 72.8 Å². The largest absolute Gasteiger partial charge is 0.508 e. The van der Waals surface area contributed by atoms with Gasteiger partial charge in [0.1, 0.15) is 11.5 Å². The number of rotatable bonds is 6. The standard InChI is InChI=1S/C26H28O5/c1-30-25(29)19-2-5-21(6-3-19)31-15-24(28)20-4-7-22(23(27)11-20)26-12-16-8-17(13-26)10-18(9-16)14-26/h2-7,11,16-18,27H,8-10,12-15H2,1H3. The van der Waals surface area contributed by atoms with Crippen molar-refractivity contribution >= 4 is 11.8 Å². The number of Topliss-reactive ketones (excluding diaryl/α,β-unsaturated/α-hetero) is 1. The van der Waals surface area contributed by atoms with Gasteiger partial charge in [0.25, 0.3) is 0 Å². The van der Waals surface area contributed by atoms with Crippen LogP contribution >= 0.6 is 0 Å². The summed E-state index contributed by atoms with van der Waals surface area (Å²) >= 11 is 0. The van der Waals surface area contributed by atoms with Crippen molar-refractivity contribution in [2.75, 3.05) is 13.7 Å². The first kappa shape index (κ1) is 20.1. The molecule has 0 spiro atoms. The lowest BCUT2D eigenvalue weighted by atomic mass is 9.48. The number of phenolic OH excluding ortho intramolecular Hbond substituents is 1. The first-order valence-corrected chi connectivity index (χ1v) is 11.1. The Morgan fingerprint density at radius 1 is 0.935 bits per heavy atom. The van der Waals surface area contributed by atoms with Gasteiger partial charge in [-0.05, 0) is 92.0 Å². The molecule has 4 fully saturated rings. The summed E-state index contributed by atoms with van der Waals surface area (Å²) in [6, 6.07) is 11.9. The van der Waals surface area contributed by atoms with Gasteiger partial charge in [-0.3, -0.25) is 4.79 Å². The molecule has 0 unspecified atom stereocenters. The minimum Gasteiger partial charge on any atom is -0.508 e. The van der Waals surface area contributed by atoms with Crippen LogP contribution in [0.4, 0.5) is 0 Å². The molecule has 31 heavy (non-hydrogen) atoms. The van der Waals surface area contributed by atoms with E-state index in [1.807, 2.05) is 12.1 Å². The van der Waals surface area contributed by atoms with Crippen LogP contribution in [-0.2, 0) is 10.2 Å². The number of ether oxygens (including phenoxy) is 2. The van der Waals surface area contributed by atoms with Crippen molar-refractivity contribution in [1.29, 1.82) is 0 Å². The van der Waals surface area contributed by atoms with Gasteiger partial charge >= 0.3 is 5.97 Å². The van der Waals surface area contributed by atoms with Gasteiger partial charge in [-0.15, -0.1) is 0 Å².